The highest BCUT2D eigenvalue weighted by molar-refractivity contribution is 6.30. The minimum absolute atomic E-state index is 0.0106. The molecule has 4 rings (SSSR count). The van der Waals surface area contributed by atoms with Crippen LogP contribution in [0.15, 0.2) is 54.9 Å². The second kappa shape index (κ2) is 10.6. The molecule has 35 heavy (non-hydrogen) atoms. The van der Waals surface area contributed by atoms with E-state index in [1.54, 1.807) is 24.4 Å². The molecule has 2 atom stereocenters. The molecule has 182 valence electrons. The summed E-state index contributed by atoms with van der Waals surface area (Å²) in [6.45, 7) is 3.74. The van der Waals surface area contributed by atoms with Crippen LogP contribution in [-0.2, 0) is 9.59 Å². The van der Waals surface area contributed by atoms with Gasteiger partial charge in [0.05, 0.1) is 17.4 Å². The van der Waals surface area contributed by atoms with Crippen molar-refractivity contribution in [3.8, 4) is 11.1 Å². The number of halogens is 2. The number of carbonyl (C=O) groups is 2. The van der Waals surface area contributed by atoms with E-state index in [1.807, 2.05) is 32.0 Å². The lowest BCUT2D eigenvalue weighted by Gasteiger charge is -2.33. The van der Waals surface area contributed by atoms with Gasteiger partial charge in [0.2, 0.25) is 5.91 Å². The molecule has 1 aliphatic rings. The SMILES string of the molecule is Cc1c(NC(=O)[C@@H](c2ccc(-c3cncc(Cl)c3)c(F)c2)C2CCC2)cccc1[C@H](C)CC(=O)O. The first-order valence-corrected chi connectivity index (χ1v) is 12.1. The summed E-state index contributed by atoms with van der Waals surface area (Å²) in [5.41, 5.74) is 3.97. The molecule has 1 heterocycles. The van der Waals surface area contributed by atoms with Crippen molar-refractivity contribution >= 4 is 29.2 Å². The number of pyridine rings is 1. The number of carboxylic acid groups (broad SMARTS) is 1. The quantitative estimate of drug-likeness (QED) is 0.355. The number of hydrogen-bond acceptors (Lipinski definition) is 3. The fraction of sp³-hybridized carbons (Fsp3) is 0.321. The Morgan fingerprint density at radius 1 is 1.20 bits per heavy atom. The minimum atomic E-state index is -0.865. The van der Waals surface area contributed by atoms with Crippen molar-refractivity contribution < 1.29 is 19.1 Å². The van der Waals surface area contributed by atoms with E-state index in [0.717, 1.165) is 30.4 Å². The van der Waals surface area contributed by atoms with Gasteiger partial charge in [-0.05, 0) is 66.5 Å². The smallest absolute Gasteiger partial charge is 0.303 e. The Morgan fingerprint density at radius 3 is 2.60 bits per heavy atom. The van der Waals surface area contributed by atoms with E-state index in [0.29, 0.717) is 27.4 Å². The molecule has 0 bridgehead atoms. The van der Waals surface area contributed by atoms with Crippen molar-refractivity contribution in [3.05, 3.63) is 82.4 Å². The van der Waals surface area contributed by atoms with Gasteiger partial charge in [0, 0.05) is 29.2 Å². The monoisotopic (exact) mass is 494 g/mol. The Morgan fingerprint density at radius 2 is 1.97 bits per heavy atom. The lowest BCUT2D eigenvalue weighted by Crippen LogP contribution is -2.31. The minimum Gasteiger partial charge on any atom is -0.481 e. The molecule has 1 amide bonds. The van der Waals surface area contributed by atoms with Crippen molar-refractivity contribution in [1.29, 1.82) is 0 Å². The van der Waals surface area contributed by atoms with Crippen LogP contribution in [0, 0.1) is 18.7 Å². The Balaban J connectivity index is 1.61. The number of anilines is 1. The summed E-state index contributed by atoms with van der Waals surface area (Å²) < 4.78 is 15.2. The normalized spacial score (nSPS) is 15.2. The van der Waals surface area contributed by atoms with E-state index in [4.69, 9.17) is 16.7 Å². The summed E-state index contributed by atoms with van der Waals surface area (Å²) in [5, 5.41) is 12.6. The summed E-state index contributed by atoms with van der Waals surface area (Å²) >= 11 is 6.02. The van der Waals surface area contributed by atoms with Crippen molar-refractivity contribution in [2.45, 2.75) is 51.4 Å². The number of carbonyl (C=O) groups excluding carboxylic acids is 1. The van der Waals surface area contributed by atoms with E-state index >= 15 is 4.39 Å². The zero-order chi connectivity index (χ0) is 25.1. The molecule has 0 unspecified atom stereocenters. The lowest BCUT2D eigenvalue weighted by atomic mass is 9.72. The maximum Gasteiger partial charge on any atom is 0.303 e. The van der Waals surface area contributed by atoms with Gasteiger partial charge in [-0.25, -0.2) is 4.39 Å². The third-order valence-corrected chi connectivity index (χ3v) is 7.12. The van der Waals surface area contributed by atoms with Crippen LogP contribution in [0.1, 0.15) is 61.1 Å². The number of aliphatic carboxylic acids is 1. The van der Waals surface area contributed by atoms with Gasteiger partial charge in [0.1, 0.15) is 5.82 Å². The van der Waals surface area contributed by atoms with Crippen LogP contribution >= 0.6 is 11.6 Å². The standard InChI is InChI=1S/C28H28ClFN2O3/c1-16(11-26(33)34)22-7-4-8-25(17(22)2)32-28(35)27(18-5-3-6-18)19-9-10-23(24(30)13-19)20-12-21(29)15-31-14-20/h4,7-10,12-16,18,27H,3,5-6,11H2,1-2H3,(H,32,35)(H,33,34)/t16-,27-/m1/s1. The van der Waals surface area contributed by atoms with E-state index < -0.39 is 17.7 Å². The van der Waals surface area contributed by atoms with Crippen molar-refractivity contribution in [2.24, 2.45) is 5.92 Å². The number of carboxylic acids is 1. The molecule has 1 fully saturated rings. The summed E-state index contributed by atoms with van der Waals surface area (Å²) in [6.07, 6.45) is 5.93. The summed E-state index contributed by atoms with van der Waals surface area (Å²) in [6, 6.07) is 12.1. The van der Waals surface area contributed by atoms with Gasteiger partial charge >= 0.3 is 5.97 Å². The Kier molecular flexibility index (Phi) is 7.51. The number of aromatic nitrogens is 1. The maximum atomic E-state index is 15.2. The zero-order valence-corrected chi connectivity index (χ0v) is 20.5. The second-order valence-corrected chi connectivity index (χ2v) is 9.74. The van der Waals surface area contributed by atoms with Crippen LogP contribution in [0.5, 0.6) is 0 Å². The first kappa shape index (κ1) is 24.9. The summed E-state index contributed by atoms with van der Waals surface area (Å²) in [5.74, 6) is -2.00. The highest BCUT2D eigenvalue weighted by atomic mass is 35.5. The lowest BCUT2D eigenvalue weighted by molar-refractivity contribution is -0.137. The van der Waals surface area contributed by atoms with Gasteiger partial charge in [0.15, 0.2) is 0 Å². The van der Waals surface area contributed by atoms with Crippen LogP contribution in [0.3, 0.4) is 0 Å². The first-order valence-electron chi connectivity index (χ1n) is 11.8. The molecule has 0 radical (unpaired) electrons. The summed E-state index contributed by atoms with van der Waals surface area (Å²) in [4.78, 5) is 28.7. The molecule has 2 aromatic carbocycles. The molecule has 5 nitrogen and oxygen atoms in total. The largest absolute Gasteiger partial charge is 0.481 e. The Bertz CT molecular complexity index is 1260. The molecule has 3 aromatic rings. The van der Waals surface area contributed by atoms with Crippen LogP contribution in [0.4, 0.5) is 10.1 Å². The zero-order valence-electron chi connectivity index (χ0n) is 19.7. The van der Waals surface area contributed by atoms with Crippen LogP contribution in [0.2, 0.25) is 5.02 Å². The molecule has 1 saturated carbocycles. The topological polar surface area (TPSA) is 79.3 Å². The number of amides is 1. The molecule has 2 N–H and O–H groups in total. The fourth-order valence-electron chi connectivity index (χ4n) is 4.83. The third kappa shape index (κ3) is 5.54. The van der Waals surface area contributed by atoms with E-state index in [9.17, 15) is 9.59 Å². The van der Waals surface area contributed by atoms with Gasteiger partial charge < -0.3 is 10.4 Å². The van der Waals surface area contributed by atoms with Crippen molar-refractivity contribution in [1.82, 2.24) is 4.98 Å². The Hall–Kier alpha value is -3.25. The number of rotatable bonds is 8. The molecular weight excluding hydrogens is 467 g/mol. The predicted molar refractivity (Wildman–Crippen MR) is 135 cm³/mol. The third-order valence-electron chi connectivity index (χ3n) is 6.92. The van der Waals surface area contributed by atoms with Gasteiger partial charge in [-0.1, -0.05) is 49.2 Å². The molecule has 1 aliphatic carbocycles. The van der Waals surface area contributed by atoms with Crippen LogP contribution in [-0.4, -0.2) is 22.0 Å². The maximum absolute atomic E-state index is 15.2. The number of benzene rings is 2. The van der Waals surface area contributed by atoms with Gasteiger partial charge in [0.25, 0.3) is 0 Å². The van der Waals surface area contributed by atoms with Crippen molar-refractivity contribution in [2.75, 3.05) is 5.32 Å². The van der Waals surface area contributed by atoms with Gasteiger partial charge in [-0.15, -0.1) is 0 Å². The van der Waals surface area contributed by atoms with E-state index in [1.165, 1.54) is 12.3 Å². The van der Waals surface area contributed by atoms with Crippen molar-refractivity contribution in [3.63, 3.8) is 0 Å². The van der Waals surface area contributed by atoms with E-state index in [-0.39, 0.29) is 24.2 Å². The highest BCUT2D eigenvalue weighted by Gasteiger charge is 2.34. The average molecular weight is 495 g/mol. The molecule has 0 saturated heterocycles. The first-order chi connectivity index (χ1) is 16.7. The Labute approximate surface area is 209 Å². The molecule has 1 aromatic heterocycles. The molecule has 0 aliphatic heterocycles. The van der Waals surface area contributed by atoms with E-state index in [2.05, 4.69) is 10.3 Å². The number of hydrogen-bond donors (Lipinski definition) is 2. The summed E-state index contributed by atoms with van der Waals surface area (Å²) in [7, 11) is 0. The average Bonchev–Trinajstić information content (AvgIpc) is 2.76. The predicted octanol–water partition coefficient (Wildman–Crippen LogP) is 6.95. The van der Waals surface area contributed by atoms with Gasteiger partial charge in [-0.2, -0.15) is 0 Å². The van der Waals surface area contributed by atoms with Gasteiger partial charge in [-0.3, -0.25) is 14.6 Å². The second-order valence-electron chi connectivity index (χ2n) is 9.31. The fourth-order valence-corrected chi connectivity index (χ4v) is 5.01. The van der Waals surface area contributed by atoms with Crippen LogP contribution < -0.4 is 5.32 Å². The number of nitrogens with zero attached hydrogens (tertiary/aromatic N) is 1. The van der Waals surface area contributed by atoms with Crippen LogP contribution in [0.25, 0.3) is 11.1 Å². The molecule has 0 spiro atoms. The molecule has 7 heteroatoms. The number of nitrogens with one attached hydrogen (secondary N) is 1. The highest BCUT2D eigenvalue weighted by Crippen LogP contribution is 2.41. The molecular formula is C28H28ClFN2O3.